The molecule has 4 nitrogen and oxygen atoms in total. The van der Waals surface area contributed by atoms with Gasteiger partial charge in [-0.1, -0.05) is 6.08 Å². The van der Waals surface area contributed by atoms with Crippen molar-refractivity contribution in [1.82, 2.24) is 3.97 Å². The number of Topliss-reactive ketones (excluding diaryl/α,β-unsaturated/α-hetero) is 1. The van der Waals surface area contributed by atoms with Crippen molar-refractivity contribution in [1.29, 1.82) is 5.26 Å². The van der Waals surface area contributed by atoms with Crippen LogP contribution < -0.4 is 5.32 Å². The Morgan fingerprint density at radius 2 is 2.24 bits per heavy atom. The number of anilines is 1. The van der Waals surface area contributed by atoms with Gasteiger partial charge in [0, 0.05) is 42.8 Å². The molecule has 2 rings (SSSR count). The molecular formula is C14H11FIN3OS. The molecule has 1 N–H and O–H groups in total. The summed E-state index contributed by atoms with van der Waals surface area (Å²) in [5.41, 5.74) is 1.50. The van der Waals surface area contributed by atoms with Gasteiger partial charge in [0.05, 0.1) is 16.8 Å². The van der Waals surface area contributed by atoms with Crippen LogP contribution in [0.4, 0.5) is 10.1 Å². The number of ketones is 1. The summed E-state index contributed by atoms with van der Waals surface area (Å²) in [4.78, 5) is 12.4. The first-order chi connectivity index (χ1) is 10.1. The SMILES string of the molecule is C/C=C(\C#N)C(=O)c1cc2cc(F)c(NC)cc2n1SI. The average molecular weight is 415 g/mol. The number of nitrogens with zero attached hydrogens (tertiary/aromatic N) is 2. The molecule has 0 bridgehead atoms. The number of allylic oxidation sites excluding steroid dienone is 2. The van der Waals surface area contributed by atoms with Gasteiger partial charge in [-0.3, -0.25) is 8.77 Å². The summed E-state index contributed by atoms with van der Waals surface area (Å²) >= 11 is 2.05. The van der Waals surface area contributed by atoms with Crippen LogP contribution in [0, 0.1) is 17.1 Å². The molecule has 0 aliphatic rings. The van der Waals surface area contributed by atoms with Crippen LogP contribution in [0.2, 0.25) is 0 Å². The van der Waals surface area contributed by atoms with Gasteiger partial charge in [0.2, 0.25) is 5.78 Å². The lowest BCUT2D eigenvalue weighted by molar-refractivity contribution is 0.103. The van der Waals surface area contributed by atoms with Gasteiger partial charge in [0.1, 0.15) is 17.6 Å². The van der Waals surface area contributed by atoms with Crippen molar-refractivity contribution in [2.45, 2.75) is 6.92 Å². The van der Waals surface area contributed by atoms with E-state index in [1.165, 1.54) is 21.3 Å². The highest BCUT2D eigenvalue weighted by Gasteiger charge is 2.20. The monoisotopic (exact) mass is 415 g/mol. The Bertz CT molecular complexity index is 792. The third-order valence-electron chi connectivity index (χ3n) is 3.07. The highest BCUT2D eigenvalue weighted by molar-refractivity contribution is 14.2. The summed E-state index contributed by atoms with van der Waals surface area (Å²) in [6.45, 7) is 1.64. The molecule has 1 aromatic heterocycles. The van der Waals surface area contributed by atoms with E-state index in [0.29, 0.717) is 16.8 Å². The van der Waals surface area contributed by atoms with E-state index in [1.807, 2.05) is 27.3 Å². The quantitative estimate of drug-likeness (QED) is 0.350. The number of halogens is 2. The zero-order valence-corrected chi connectivity index (χ0v) is 14.3. The first-order valence-corrected chi connectivity index (χ1v) is 9.32. The predicted molar refractivity (Wildman–Crippen MR) is 92.2 cm³/mol. The zero-order chi connectivity index (χ0) is 15.6. The Hall–Kier alpha value is -1.53. The van der Waals surface area contributed by atoms with Crippen molar-refractivity contribution in [3.8, 4) is 6.07 Å². The Balaban J connectivity index is 2.72. The van der Waals surface area contributed by atoms with Crippen molar-refractivity contribution in [2.24, 2.45) is 0 Å². The molecule has 0 atom stereocenters. The van der Waals surface area contributed by atoms with E-state index < -0.39 is 0 Å². The smallest absolute Gasteiger partial charge is 0.220 e. The summed E-state index contributed by atoms with van der Waals surface area (Å²) in [6, 6.07) is 6.51. The van der Waals surface area contributed by atoms with E-state index in [9.17, 15) is 9.18 Å². The molecule has 0 radical (unpaired) electrons. The molecule has 7 heteroatoms. The minimum Gasteiger partial charge on any atom is -0.386 e. The first kappa shape index (κ1) is 15.9. The number of hydrogen-bond acceptors (Lipinski definition) is 4. The van der Waals surface area contributed by atoms with Crippen molar-refractivity contribution in [3.05, 3.63) is 41.4 Å². The summed E-state index contributed by atoms with van der Waals surface area (Å²) < 4.78 is 15.5. The van der Waals surface area contributed by atoms with Crippen molar-refractivity contribution < 1.29 is 9.18 Å². The molecule has 0 amide bonds. The largest absolute Gasteiger partial charge is 0.386 e. The Morgan fingerprint density at radius 1 is 1.52 bits per heavy atom. The number of fused-ring (bicyclic) bond motifs is 1. The molecule has 1 aromatic carbocycles. The lowest BCUT2D eigenvalue weighted by atomic mass is 10.1. The molecule has 0 saturated carbocycles. The molecule has 0 unspecified atom stereocenters. The fourth-order valence-electron chi connectivity index (χ4n) is 2.01. The normalized spacial score (nSPS) is 11.5. The number of nitrogens with one attached hydrogen (secondary N) is 1. The third kappa shape index (κ3) is 2.78. The van der Waals surface area contributed by atoms with E-state index in [1.54, 1.807) is 30.1 Å². The summed E-state index contributed by atoms with van der Waals surface area (Å²) in [5, 5.41) is 12.4. The van der Waals surface area contributed by atoms with Crippen molar-refractivity contribution in [3.63, 3.8) is 0 Å². The van der Waals surface area contributed by atoms with Gasteiger partial charge in [-0.25, -0.2) is 4.39 Å². The second-order valence-electron chi connectivity index (χ2n) is 4.18. The molecule has 21 heavy (non-hydrogen) atoms. The van der Waals surface area contributed by atoms with Crippen LogP contribution in [0.25, 0.3) is 10.9 Å². The zero-order valence-electron chi connectivity index (χ0n) is 11.3. The van der Waals surface area contributed by atoms with E-state index in [0.717, 1.165) is 5.52 Å². The highest BCUT2D eigenvalue weighted by atomic mass is 127. The maximum atomic E-state index is 13.8. The number of nitriles is 1. The van der Waals surface area contributed by atoms with Crippen molar-refractivity contribution >= 4 is 52.7 Å². The minimum atomic E-state index is -0.383. The Morgan fingerprint density at radius 3 is 2.76 bits per heavy atom. The fourth-order valence-corrected chi connectivity index (χ4v) is 3.73. The van der Waals surface area contributed by atoms with Gasteiger partial charge in [-0.2, -0.15) is 5.26 Å². The lowest BCUT2D eigenvalue weighted by Crippen LogP contribution is -2.06. The van der Waals surface area contributed by atoms with E-state index in [-0.39, 0.29) is 17.2 Å². The van der Waals surface area contributed by atoms with Gasteiger partial charge in [-0.05, 0) is 25.1 Å². The summed E-state index contributed by atoms with van der Waals surface area (Å²) in [5.74, 6) is -0.752. The second kappa shape index (κ2) is 6.49. The average Bonchev–Trinajstić information content (AvgIpc) is 2.84. The molecular weight excluding hydrogens is 404 g/mol. The Labute approximate surface area is 137 Å². The standard InChI is InChI=1S/C14H11FIN3OS/c1-3-8(7-17)14(20)13-5-9-4-10(15)11(18-2)6-12(9)19(13)21-16/h3-6,18H,1-2H3/b8-3+. The number of carbonyl (C=O) groups is 1. The number of rotatable bonds is 4. The van der Waals surface area contributed by atoms with Crippen molar-refractivity contribution in [2.75, 3.05) is 12.4 Å². The molecule has 0 spiro atoms. The van der Waals surface area contributed by atoms with Gasteiger partial charge in [0.15, 0.2) is 0 Å². The number of hydrogen-bond donors (Lipinski definition) is 1. The maximum absolute atomic E-state index is 13.8. The third-order valence-corrected chi connectivity index (χ3v) is 4.78. The number of aromatic nitrogens is 1. The Kier molecular flexibility index (Phi) is 4.90. The number of benzene rings is 1. The van der Waals surface area contributed by atoms with Gasteiger partial charge in [-0.15, -0.1) is 0 Å². The molecule has 0 aliphatic heterocycles. The van der Waals surface area contributed by atoms with Crippen LogP contribution in [0.3, 0.4) is 0 Å². The van der Waals surface area contributed by atoms with Crippen LogP contribution in [0.1, 0.15) is 17.4 Å². The highest BCUT2D eigenvalue weighted by Crippen LogP contribution is 2.32. The van der Waals surface area contributed by atoms with Crippen LogP contribution in [-0.2, 0) is 0 Å². The van der Waals surface area contributed by atoms with E-state index in [2.05, 4.69) is 5.32 Å². The maximum Gasteiger partial charge on any atom is 0.220 e. The van der Waals surface area contributed by atoms with Gasteiger partial charge < -0.3 is 5.32 Å². The van der Waals surface area contributed by atoms with Gasteiger partial charge in [0.25, 0.3) is 0 Å². The molecule has 108 valence electrons. The topological polar surface area (TPSA) is 57.8 Å². The summed E-state index contributed by atoms with van der Waals surface area (Å²) in [7, 11) is 2.94. The lowest BCUT2D eigenvalue weighted by Gasteiger charge is -2.06. The second-order valence-corrected chi connectivity index (χ2v) is 5.86. The molecule has 0 saturated heterocycles. The molecule has 1 heterocycles. The van der Waals surface area contributed by atoms with E-state index >= 15 is 0 Å². The van der Waals surface area contributed by atoms with Crippen LogP contribution in [0.15, 0.2) is 29.8 Å². The molecule has 2 aromatic rings. The van der Waals surface area contributed by atoms with Crippen LogP contribution in [0.5, 0.6) is 0 Å². The number of carbonyl (C=O) groups excluding carboxylic acids is 1. The van der Waals surface area contributed by atoms with E-state index in [4.69, 9.17) is 5.26 Å². The van der Waals surface area contributed by atoms with Gasteiger partial charge >= 0.3 is 0 Å². The summed E-state index contributed by atoms with van der Waals surface area (Å²) in [6.07, 6.45) is 1.47. The molecule has 0 fully saturated rings. The minimum absolute atomic E-state index is 0.0684. The molecule has 0 aliphatic carbocycles. The first-order valence-electron chi connectivity index (χ1n) is 6.00. The fraction of sp³-hybridized carbons (Fsp3) is 0.143. The van der Waals surface area contributed by atoms with Crippen LogP contribution in [-0.4, -0.2) is 16.8 Å². The van der Waals surface area contributed by atoms with Crippen LogP contribution >= 0.6 is 30.3 Å². The predicted octanol–water partition coefficient (Wildman–Crippen LogP) is 4.32.